The van der Waals surface area contributed by atoms with Crippen LogP contribution < -0.4 is 5.73 Å². The highest BCUT2D eigenvalue weighted by molar-refractivity contribution is 7.91. The third-order valence-electron chi connectivity index (χ3n) is 3.47. The van der Waals surface area contributed by atoms with E-state index in [4.69, 9.17) is 5.73 Å². The van der Waals surface area contributed by atoms with Crippen molar-refractivity contribution < 1.29 is 8.42 Å². The summed E-state index contributed by atoms with van der Waals surface area (Å²) in [6.07, 6.45) is 10.1. The maximum Gasteiger partial charge on any atom is 0.152 e. The van der Waals surface area contributed by atoms with Crippen molar-refractivity contribution in [1.29, 1.82) is 0 Å². The summed E-state index contributed by atoms with van der Waals surface area (Å²) >= 11 is 0. The second-order valence-electron chi connectivity index (χ2n) is 5.23. The summed E-state index contributed by atoms with van der Waals surface area (Å²) < 4.78 is 23.7. The fourth-order valence-corrected chi connectivity index (χ4v) is 3.56. The predicted molar refractivity (Wildman–Crippen MR) is 79.5 cm³/mol. The van der Waals surface area contributed by atoms with Gasteiger partial charge >= 0.3 is 0 Å². The summed E-state index contributed by atoms with van der Waals surface area (Å²) in [6.45, 7) is 4.44. The number of unbranched alkanes of at least 4 members (excludes halogenated alkanes) is 7. The van der Waals surface area contributed by atoms with E-state index in [1.807, 2.05) is 0 Å². The second kappa shape index (κ2) is 10.8. The van der Waals surface area contributed by atoms with Gasteiger partial charge in [0.25, 0.3) is 0 Å². The molecule has 4 heteroatoms. The van der Waals surface area contributed by atoms with E-state index < -0.39 is 9.84 Å². The van der Waals surface area contributed by atoms with Crippen molar-refractivity contribution in [3.8, 4) is 0 Å². The van der Waals surface area contributed by atoms with Crippen LogP contribution in [0, 0.1) is 0 Å². The molecular formula is C14H31NO2S. The molecule has 110 valence electrons. The summed E-state index contributed by atoms with van der Waals surface area (Å²) in [7, 11) is -2.90. The van der Waals surface area contributed by atoms with Crippen molar-refractivity contribution in [2.24, 2.45) is 5.73 Å². The Morgan fingerprint density at radius 1 is 0.944 bits per heavy atom. The van der Waals surface area contributed by atoms with Gasteiger partial charge in [0.2, 0.25) is 0 Å². The number of nitrogens with two attached hydrogens (primary N) is 1. The van der Waals surface area contributed by atoms with Crippen LogP contribution >= 0.6 is 0 Å². The van der Waals surface area contributed by atoms with E-state index >= 15 is 0 Å². The zero-order valence-electron chi connectivity index (χ0n) is 12.2. The average Bonchev–Trinajstić information content (AvgIpc) is 2.33. The Morgan fingerprint density at radius 3 is 1.94 bits per heavy atom. The molecule has 1 atom stereocenters. The van der Waals surface area contributed by atoms with Crippen LogP contribution in [-0.2, 0) is 9.84 Å². The summed E-state index contributed by atoms with van der Waals surface area (Å²) in [5.74, 6) is 0.336. The molecule has 0 aromatic rings. The first-order valence-electron chi connectivity index (χ1n) is 7.46. The third kappa shape index (κ3) is 8.92. The molecule has 0 radical (unpaired) electrons. The molecule has 0 aliphatic rings. The van der Waals surface area contributed by atoms with E-state index in [9.17, 15) is 8.42 Å². The standard InChI is InChI=1S/C14H31NO2S/c1-3-4-5-6-7-8-9-10-13-18(16,17)14(2)11-12-15/h14H,3-13,15H2,1-2H3. The lowest BCUT2D eigenvalue weighted by atomic mass is 10.1. The molecule has 0 rings (SSSR count). The van der Waals surface area contributed by atoms with Gasteiger partial charge < -0.3 is 5.73 Å². The lowest BCUT2D eigenvalue weighted by Gasteiger charge is -2.11. The van der Waals surface area contributed by atoms with Crippen LogP contribution in [-0.4, -0.2) is 26.0 Å². The van der Waals surface area contributed by atoms with Gasteiger partial charge in [-0.2, -0.15) is 0 Å². The van der Waals surface area contributed by atoms with E-state index in [0.29, 0.717) is 18.7 Å². The molecule has 0 saturated carbocycles. The fourth-order valence-electron chi connectivity index (χ4n) is 2.05. The largest absolute Gasteiger partial charge is 0.330 e. The summed E-state index contributed by atoms with van der Waals surface area (Å²) in [5.41, 5.74) is 5.40. The van der Waals surface area contributed by atoms with E-state index in [-0.39, 0.29) is 5.25 Å². The van der Waals surface area contributed by atoms with Crippen molar-refractivity contribution in [3.05, 3.63) is 0 Å². The van der Waals surface area contributed by atoms with E-state index in [1.165, 1.54) is 38.5 Å². The molecule has 0 aromatic carbocycles. The molecule has 0 amide bonds. The summed E-state index contributed by atoms with van der Waals surface area (Å²) in [6, 6.07) is 0. The Balaban J connectivity index is 3.53. The van der Waals surface area contributed by atoms with Gasteiger partial charge in [-0.25, -0.2) is 8.42 Å². The molecule has 0 aliphatic heterocycles. The minimum Gasteiger partial charge on any atom is -0.330 e. The van der Waals surface area contributed by atoms with E-state index in [2.05, 4.69) is 6.92 Å². The van der Waals surface area contributed by atoms with Crippen LogP contribution in [0.4, 0.5) is 0 Å². The van der Waals surface area contributed by atoms with E-state index in [1.54, 1.807) is 6.92 Å². The molecule has 0 heterocycles. The highest BCUT2D eigenvalue weighted by atomic mass is 32.2. The Labute approximate surface area is 113 Å². The topological polar surface area (TPSA) is 60.2 Å². The number of rotatable bonds is 12. The van der Waals surface area contributed by atoms with Crippen LogP contribution in [0.2, 0.25) is 0 Å². The molecule has 0 bridgehead atoms. The fraction of sp³-hybridized carbons (Fsp3) is 1.00. The Bertz CT molecular complexity index is 276. The molecule has 0 fully saturated rings. The van der Waals surface area contributed by atoms with E-state index in [0.717, 1.165) is 12.8 Å². The molecule has 1 unspecified atom stereocenters. The maximum absolute atomic E-state index is 11.8. The highest BCUT2D eigenvalue weighted by Crippen LogP contribution is 2.12. The van der Waals surface area contributed by atoms with Gasteiger partial charge in [0, 0.05) is 0 Å². The van der Waals surface area contributed by atoms with Crippen LogP contribution in [0.3, 0.4) is 0 Å². The first kappa shape index (κ1) is 17.9. The number of hydrogen-bond acceptors (Lipinski definition) is 3. The SMILES string of the molecule is CCCCCCCCCCS(=O)(=O)C(C)CCN. The van der Waals surface area contributed by atoms with Gasteiger partial charge in [0.15, 0.2) is 9.84 Å². The molecule has 18 heavy (non-hydrogen) atoms. The van der Waals surface area contributed by atoms with Gasteiger partial charge in [-0.05, 0) is 26.3 Å². The van der Waals surface area contributed by atoms with Crippen LogP contribution in [0.25, 0.3) is 0 Å². The first-order chi connectivity index (χ1) is 8.54. The molecule has 3 nitrogen and oxygen atoms in total. The Morgan fingerprint density at radius 2 is 1.44 bits per heavy atom. The minimum absolute atomic E-state index is 0.271. The maximum atomic E-state index is 11.8. The van der Waals surface area contributed by atoms with Gasteiger partial charge in [-0.3, -0.25) is 0 Å². The zero-order chi connectivity index (χ0) is 13.9. The summed E-state index contributed by atoms with van der Waals surface area (Å²) in [4.78, 5) is 0. The quantitative estimate of drug-likeness (QED) is 0.557. The monoisotopic (exact) mass is 277 g/mol. The van der Waals surface area contributed by atoms with Gasteiger partial charge in [0.1, 0.15) is 0 Å². The Kier molecular flexibility index (Phi) is 10.7. The predicted octanol–water partition coefficient (Wildman–Crippen LogP) is 3.28. The average molecular weight is 277 g/mol. The van der Waals surface area contributed by atoms with Crippen molar-refractivity contribution in [1.82, 2.24) is 0 Å². The third-order valence-corrected chi connectivity index (χ3v) is 5.79. The Hall–Kier alpha value is -0.0900. The van der Waals surface area contributed by atoms with Crippen LogP contribution in [0.1, 0.15) is 71.6 Å². The summed E-state index contributed by atoms with van der Waals surface area (Å²) in [5, 5.41) is -0.271. The van der Waals surface area contributed by atoms with Gasteiger partial charge in [0.05, 0.1) is 11.0 Å². The minimum atomic E-state index is -2.90. The molecule has 0 saturated heterocycles. The first-order valence-corrected chi connectivity index (χ1v) is 9.17. The van der Waals surface area contributed by atoms with Crippen LogP contribution in [0.5, 0.6) is 0 Å². The molecular weight excluding hydrogens is 246 g/mol. The molecule has 0 aliphatic carbocycles. The van der Waals surface area contributed by atoms with Crippen molar-refractivity contribution >= 4 is 9.84 Å². The molecule has 0 spiro atoms. The molecule has 0 aromatic heterocycles. The van der Waals surface area contributed by atoms with Gasteiger partial charge in [-0.1, -0.05) is 51.9 Å². The van der Waals surface area contributed by atoms with Crippen molar-refractivity contribution in [2.45, 2.75) is 76.9 Å². The number of hydrogen-bond donors (Lipinski definition) is 1. The van der Waals surface area contributed by atoms with Crippen LogP contribution in [0.15, 0.2) is 0 Å². The van der Waals surface area contributed by atoms with Crippen molar-refractivity contribution in [3.63, 3.8) is 0 Å². The lowest BCUT2D eigenvalue weighted by Crippen LogP contribution is -2.23. The van der Waals surface area contributed by atoms with Crippen molar-refractivity contribution in [2.75, 3.05) is 12.3 Å². The normalized spacial score (nSPS) is 13.7. The highest BCUT2D eigenvalue weighted by Gasteiger charge is 2.18. The lowest BCUT2D eigenvalue weighted by molar-refractivity contribution is 0.563. The molecule has 2 N–H and O–H groups in total. The zero-order valence-corrected chi connectivity index (χ0v) is 13.0. The number of sulfone groups is 1. The second-order valence-corrected chi connectivity index (χ2v) is 7.77. The van der Waals surface area contributed by atoms with Gasteiger partial charge in [-0.15, -0.1) is 0 Å². The smallest absolute Gasteiger partial charge is 0.152 e.